The SMILES string of the molecule is CSCc1nc(CCNC(=O)[C@@H]2CCCN(C(N)=O)C2)cs1. The van der Waals surface area contributed by atoms with Gasteiger partial charge in [-0.15, -0.1) is 11.3 Å². The van der Waals surface area contributed by atoms with E-state index in [0.717, 1.165) is 35.7 Å². The molecule has 0 radical (unpaired) electrons. The average Bonchev–Trinajstić information content (AvgIpc) is 2.95. The molecular weight excluding hydrogens is 320 g/mol. The van der Waals surface area contributed by atoms with E-state index in [1.165, 1.54) is 0 Å². The fraction of sp³-hybridized carbons (Fsp3) is 0.643. The average molecular weight is 342 g/mol. The number of carbonyl (C=O) groups is 2. The molecule has 0 aromatic carbocycles. The topological polar surface area (TPSA) is 88.3 Å². The summed E-state index contributed by atoms with van der Waals surface area (Å²) in [6, 6.07) is -0.443. The van der Waals surface area contributed by atoms with Crippen LogP contribution in [0, 0.1) is 5.92 Å². The maximum atomic E-state index is 12.2. The van der Waals surface area contributed by atoms with Crippen LogP contribution < -0.4 is 11.1 Å². The molecule has 0 saturated carbocycles. The maximum absolute atomic E-state index is 12.2. The molecule has 3 amide bonds. The van der Waals surface area contributed by atoms with Crippen LogP contribution in [0.5, 0.6) is 0 Å². The second-order valence-corrected chi connectivity index (χ2v) is 7.14. The number of rotatable bonds is 6. The standard InChI is InChI=1S/C14H22N4O2S2/c1-21-9-12-17-11(8-22-12)4-5-16-13(19)10-3-2-6-18(7-10)14(15)20/h8,10H,2-7,9H2,1H3,(H2,15,20)(H,16,19)/t10-/m1/s1. The highest BCUT2D eigenvalue weighted by Gasteiger charge is 2.27. The molecule has 0 bridgehead atoms. The summed E-state index contributed by atoms with van der Waals surface area (Å²) in [5.74, 6) is 0.788. The minimum atomic E-state index is -0.443. The Hall–Kier alpha value is -1.28. The Kier molecular flexibility index (Phi) is 6.50. The first-order chi connectivity index (χ1) is 10.6. The molecule has 122 valence electrons. The van der Waals surface area contributed by atoms with E-state index < -0.39 is 6.03 Å². The van der Waals surface area contributed by atoms with E-state index in [2.05, 4.69) is 16.6 Å². The number of likely N-dealkylation sites (tertiary alicyclic amines) is 1. The molecule has 1 atom stereocenters. The Morgan fingerprint density at radius 1 is 1.59 bits per heavy atom. The second-order valence-electron chi connectivity index (χ2n) is 5.33. The molecule has 0 unspecified atom stereocenters. The minimum Gasteiger partial charge on any atom is -0.355 e. The highest BCUT2D eigenvalue weighted by Crippen LogP contribution is 2.17. The van der Waals surface area contributed by atoms with Gasteiger partial charge in [-0.05, 0) is 19.1 Å². The number of urea groups is 1. The summed E-state index contributed by atoms with van der Waals surface area (Å²) in [5.41, 5.74) is 6.30. The molecule has 22 heavy (non-hydrogen) atoms. The van der Waals surface area contributed by atoms with Gasteiger partial charge in [0.15, 0.2) is 0 Å². The third kappa shape index (κ3) is 4.88. The molecule has 2 rings (SSSR count). The Morgan fingerprint density at radius 2 is 2.41 bits per heavy atom. The number of hydrogen-bond donors (Lipinski definition) is 2. The molecule has 1 fully saturated rings. The van der Waals surface area contributed by atoms with Gasteiger partial charge in [0.1, 0.15) is 5.01 Å². The van der Waals surface area contributed by atoms with Crippen LogP contribution in [0.4, 0.5) is 4.79 Å². The van der Waals surface area contributed by atoms with Crippen LogP contribution in [0.15, 0.2) is 5.38 Å². The van der Waals surface area contributed by atoms with E-state index in [9.17, 15) is 9.59 Å². The van der Waals surface area contributed by atoms with Crippen molar-refractivity contribution in [2.24, 2.45) is 11.7 Å². The van der Waals surface area contributed by atoms with Gasteiger partial charge in [-0.3, -0.25) is 4.79 Å². The van der Waals surface area contributed by atoms with Crippen LogP contribution in [-0.2, 0) is 17.0 Å². The predicted molar refractivity (Wildman–Crippen MR) is 89.9 cm³/mol. The number of aromatic nitrogens is 1. The van der Waals surface area contributed by atoms with Gasteiger partial charge in [0.05, 0.1) is 11.6 Å². The predicted octanol–water partition coefficient (Wildman–Crippen LogP) is 1.46. The largest absolute Gasteiger partial charge is 0.355 e. The Labute approximate surface area is 138 Å². The van der Waals surface area contributed by atoms with Gasteiger partial charge >= 0.3 is 6.03 Å². The van der Waals surface area contributed by atoms with Crippen LogP contribution >= 0.6 is 23.1 Å². The van der Waals surface area contributed by atoms with E-state index in [-0.39, 0.29) is 11.8 Å². The molecule has 0 spiro atoms. The van der Waals surface area contributed by atoms with E-state index >= 15 is 0 Å². The van der Waals surface area contributed by atoms with E-state index in [0.29, 0.717) is 19.6 Å². The number of thioether (sulfide) groups is 1. The zero-order chi connectivity index (χ0) is 15.9. The molecule has 8 heteroatoms. The molecule has 1 aliphatic heterocycles. The second kappa shape index (κ2) is 8.38. The lowest BCUT2D eigenvalue weighted by Crippen LogP contribution is -2.47. The Bertz CT molecular complexity index is 521. The van der Waals surface area contributed by atoms with Gasteiger partial charge in [0, 0.05) is 37.2 Å². The molecule has 6 nitrogen and oxygen atoms in total. The van der Waals surface area contributed by atoms with Crippen molar-refractivity contribution in [1.29, 1.82) is 0 Å². The molecular formula is C14H22N4O2S2. The quantitative estimate of drug-likeness (QED) is 0.819. The van der Waals surface area contributed by atoms with Crippen molar-refractivity contribution in [3.8, 4) is 0 Å². The summed E-state index contributed by atoms with van der Waals surface area (Å²) in [5, 5.41) is 6.12. The summed E-state index contributed by atoms with van der Waals surface area (Å²) < 4.78 is 0. The number of carbonyl (C=O) groups excluding carboxylic acids is 2. The Morgan fingerprint density at radius 3 is 3.14 bits per heavy atom. The van der Waals surface area contributed by atoms with Crippen molar-refractivity contribution >= 4 is 35.0 Å². The van der Waals surface area contributed by atoms with E-state index in [1.807, 2.05) is 5.38 Å². The molecule has 1 aliphatic rings. The lowest BCUT2D eigenvalue weighted by atomic mass is 9.97. The summed E-state index contributed by atoms with van der Waals surface area (Å²) in [4.78, 5) is 29.4. The number of nitrogens with zero attached hydrogens (tertiary/aromatic N) is 2. The van der Waals surface area contributed by atoms with Gasteiger partial charge in [0.25, 0.3) is 0 Å². The first kappa shape index (κ1) is 17.1. The molecule has 1 aromatic rings. The zero-order valence-corrected chi connectivity index (χ0v) is 14.3. The fourth-order valence-corrected chi connectivity index (χ4v) is 4.05. The van der Waals surface area contributed by atoms with Crippen LogP contribution in [-0.4, -0.2) is 47.7 Å². The van der Waals surface area contributed by atoms with Gasteiger partial charge in [0.2, 0.25) is 5.91 Å². The number of nitrogens with one attached hydrogen (secondary N) is 1. The molecule has 3 N–H and O–H groups in total. The lowest BCUT2D eigenvalue weighted by Gasteiger charge is -2.30. The van der Waals surface area contributed by atoms with E-state index in [4.69, 9.17) is 5.73 Å². The summed E-state index contributed by atoms with van der Waals surface area (Å²) in [6.45, 7) is 1.65. The van der Waals surface area contributed by atoms with Crippen molar-refractivity contribution in [3.63, 3.8) is 0 Å². The third-order valence-corrected chi connectivity index (χ3v) is 5.29. The van der Waals surface area contributed by atoms with Gasteiger partial charge in [-0.25, -0.2) is 9.78 Å². The van der Waals surface area contributed by atoms with Crippen molar-refractivity contribution in [3.05, 3.63) is 16.1 Å². The van der Waals surface area contributed by atoms with Crippen LogP contribution in [0.1, 0.15) is 23.5 Å². The van der Waals surface area contributed by atoms with Crippen LogP contribution in [0.3, 0.4) is 0 Å². The smallest absolute Gasteiger partial charge is 0.314 e. The van der Waals surface area contributed by atoms with Crippen LogP contribution in [0.25, 0.3) is 0 Å². The Balaban J connectivity index is 1.73. The number of amides is 3. The molecule has 2 heterocycles. The summed E-state index contributed by atoms with van der Waals surface area (Å²) >= 11 is 3.42. The highest BCUT2D eigenvalue weighted by molar-refractivity contribution is 7.97. The minimum absolute atomic E-state index is 0.00511. The number of nitrogens with two attached hydrogens (primary N) is 1. The summed E-state index contributed by atoms with van der Waals surface area (Å²) in [6.07, 6.45) is 4.43. The highest BCUT2D eigenvalue weighted by atomic mass is 32.2. The third-order valence-electron chi connectivity index (χ3n) is 3.65. The van der Waals surface area contributed by atoms with Gasteiger partial charge < -0.3 is 16.0 Å². The molecule has 1 saturated heterocycles. The molecule has 1 aromatic heterocycles. The molecule has 0 aliphatic carbocycles. The monoisotopic (exact) mass is 342 g/mol. The van der Waals surface area contributed by atoms with Crippen LogP contribution in [0.2, 0.25) is 0 Å². The number of primary amides is 1. The van der Waals surface area contributed by atoms with Crippen molar-refractivity contribution in [2.75, 3.05) is 25.9 Å². The van der Waals surface area contributed by atoms with Crippen molar-refractivity contribution < 1.29 is 9.59 Å². The van der Waals surface area contributed by atoms with Crippen molar-refractivity contribution in [2.45, 2.75) is 25.0 Å². The number of piperidine rings is 1. The van der Waals surface area contributed by atoms with E-state index in [1.54, 1.807) is 28.0 Å². The first-order valence-electron chi connectivity index (χ1n) is 7.34. The number of thiazole rings is 1. The fourth-order valence-electron chi connectivity index (χ4n) is 2.50. The van der Waals surface area contributed by atoms with Gasteiger partial charge in [-0.2, -0.15) is 11.8 Å². The van der Waals surface area contributed by atoms with Crippen molar-refractivity contribution in [1.82, 2.24) is 15.2 Å². The lowest BCUT2D eigenvalue weighted by molar-refractivity contribution is -0.126. The maximum Gasteiger partial charge on any atom is 0.314 e. The normalized spacial score (nSPS) is 18.2. The van der Waals surface area contributed by atoms with Gasteiger partial charge in [-0.1, -0.05) is 0 Å². The summed E-state index contributed by atoms with van der Waals surface area (Å²) in [7, 11) is 0. The number of hydrogen-bond acceptors (Lipinski definition) is 5. The zero-order valence-electron chi connectivity index (χ0n) is 12.7. The first-order valence-corrected chi connectivity index (χ1v) is 9.61.